The Bertz CT molecular complexity index is 1470. The summed E-state index contributed by atoms with van der Waals surface area (Å²) in [4.78, 5) is 29.8. The molecule has 0 bridgehead atoms. The molecule has 0 aliphatic rings. The first-order valence-electron chi connectivity index (χ1n) is 12.1. The van der Waals surface area contributed by atoms with Crippen LogP contribution < -0.4 is 5.32 Å². The summed E-state index contributed by atoms with van der Waals surface area (Å²) in [5.41, 5.74) is 5.85. The fraction of sp³-hybridized carbons (Fsp3) is 0.129. The predicted molar refractivity (Wildman–Crippen MR) is 149 cm³/mol. The first-order chi connectivity index (χ1) is 18.0. The van der Waals surface area contributed by atoms with Gasteiger partial charge in [-0.2, -0.15) is 0 Å². The number of hydrogen-bond donors (Lipinski definition) is 1. The highest BCUT2D eigenvalue weighted by atomic mass is 32.1. The van der Waals surface area contributed by atoms with E-state index in [2.05, 4.69) is 24.4 Å². The van der Waals surface area contributed by atoms with Crippen LogP contribution in [0.25, 0.3) is 20.8 Å². The minimum Gasteiger partial charge on any atom is -0.456 e. The van der Waals surface area contributed by atoms with Crippen molar-refractivity contribution in [1.82, 2.24) is 4.98 Å². The SMILES string of the molecule is Cc1ccc2nc(-c3ccc(NC(=O)COC(=O)CC(c4ccccc4)c4ccccc4)cc3)sc2c1. The Morgan fingerprint density at radius 1 is 0.865 bits per heavy atom. The van der Waals surface area contributed by atoms with E-state index in [0.717, 1.165) is 31.9 Å². The molecule has 0 atom stereocenters. The van der Waals surface area contributed by atoms with Crippen molar-refractivity contribution >= 4 is 39.1 Å². The number of esters is 1. The third-order valence-corrected chi connectivity index (χ3v) is 7.17. The Morgan fingerprint density at radius 3 is 2.16 bits per heavy atom. The van der Waals surface area contributed by atoms with Crippen LogP contribution >= 0.6 is 11.3 Å². The molecule has 0 radical (unpaired) electrons. The van der Waals surface area contributed by atoms with Crippen molar-refractivity contribution in [2.75, 3.05) is 11.9 Å². The average Bonchev–Trinajstić information content (AvgIpc) is 3.35. The highest BCUT2D eigenvalue weighted by Gasteiger charge is 2.20. The van der Waals surface area contributed by atoms with E-state index in [4.69, 9.17) is 9.72 Å². The summed E-state index contributed by atoms with van der Waals surface area (Å²) < 4.78 is 6.48. The van der Waals surface area contributed by atoms with Crippen molar-refractivity contribution in [2.24, 2.45) is 0 Å². The van der Waals surface area contributed by atoms with Gasteiger partial charge in [0.1, 0.15) is 5.01 Å². The lowest BCUT2D eigenvalue weighted by Gasteiger charge is -2.17. The monoisotopic (exact) mass is 506 g/mol. The lowest BCUT2D eigenvalue weighted by molar-refractivity contribution is -0.147. The number of aromatic nitrogens is 1. The number of benzene rings is 4. The fourth-order valence-electron chi connectivity index (χ4n) is 4.22. The molecular weight excluding hydrogens is 480 g/mol. The minimum absolute atomic E-state index is 0.142. The number of ether oxygens (including phenoxy) is 1. The van der Waals surface area contributed by atoms with E-state index in [1.807, 2.05) is 91.0 Å². The number of nitrogens with one attached hydrogen (secondary N) is 1. The molecule has 5 nitrogen and oxygen atoms in total. The van der Waals surface area contributed by atoms with Gasteiger partial charge in [-0.3, -0.25) is 9.59 Å². The first-order valence-corrected chi connectivity index (χ1v) is 12.9. The van der Waals surface area contributed by atoms with Crippen molar-refractivity contribution in [3.8, 4) is 10.6 Å². The van der Waals surface area contributed by atoms with E-state index in [1.54, 1.807) is 11.3 Å². The first kappa shape index (κ1) is 24.4. The van der Waals surface area contributed by atoms with Crippen LogP contribution in [0.1, 0.15) is 29.0 Å². The molecular formula is C31H26N2O3S. The van der Waals surface area contributed by atoms with E-state index < -0.39 is 5.97 Å². The maximum Gasteiger partial charge on any atom is 0.307 e. The third kappa shape index (κ3) is 6.11. The molecule has 0 saturated heterocycles. The van der Waals surface area contributed by atoms with E-state index in [-0.39, 0.29) is 24.9 Å². The van der Waals surface area contributed by atoms with E-state index in [9.17, 15) is 9.59 Å². The van der Waals surface area contributed by atoms with Crippen LogP contribution in [0, 0.1) is 6.92 Å². The highest BCUT2D eigenvalue weighted by Crippen LogP contribution is 2.31. The molecule has 4 aromatic carbocycles. The molecule has 1 amide bonds. The Morgan fingerprint density at radius 2 is 1.51 bits per heavy atom. The standard InChI is InChI=1S/C31H26N2O3S/c1-21-12-17-27-28(18-21)37-31(33-27)24-13-15-25(16-14-24)32-29(34)20-36-30(35)19-26(22-8-4-2-5-9-22)23-10-6-3-7-11-23/h2-18,26H,19-20H2,1H3,(H,32,34). The second kappa shape index (κ2) is 11.2. The lowest BCUT2D eigenvalue weighted by Crippen LogP contribution is -2.22. The lowest BCUT2D eigenvalue weighted by atomic mass is 9.89. The summed E-state index contributed by atoms with van der Waals surface area (Å²) in [5, 5.41) is 3.72. The topological polar surface area (TPSA) is 68.3 Å². The van der Waals surface area contributed by atoms with E-state index >= 15 is 0 Å². The molecule has 1 heterocycles. The van der Waals surface area contributed by atoms with Gasteiger partial charge in [0.05, 0.1) is 16.6 Å². The molecule has 0 unspecified atom stereocenters. The molecule has 0 fully saturated rings. The summed E-state index contributed by atoms with van der Waals surface area (Å²) >= 11 is 1.64. The number of nitrogens with zero attached hydrogens (tertiary/aromatic N) is 1. The van der Waals surface area contributed by atoms with Gasteiger partial charge in [-0.15, -0.1) is 11.3 Å². The Hall–Kier alpha value is -4.29. The van der Waals surface area contributed by atoms with Gasteiger partial charge in [-0.1, -0.05) is 66.7 Å². The molecule has 5 rings (SSSR count). The second-order valence-electron chi connectivity index (χ2n) is 8.85. The van der Waals surface area contributed by atoms with Gasteiger partial charge in [0.15, 0.2) is 6.61 Å². The van der Waals surface area contributed by atoms with Crippen LogP contribution in [0.4, 0.5) is 5.69 Å². The Kier molecular flexibility index (Phi) is 7.38. The molecule has 5 aromatic rings. The quantitative estimate of drug-likeness (QED) is 0.231. The van der Waals surface area contributed by atoms with E-state index in [1.165, 1.54) is 5.56 Å². The number of amides is 1. The van der Waals surface area contributed by atoms with Crippen molar-refractivity contribution in [2.45, 2.75) is 19.3 Å². The summed E-state index contributed by atoms with van der Waals surface area (Å²) in [6, 6.07) is 33.4. The number of anilines is 1. The number of hydrogen-bond acceptors (Lipinski definition) is 5. The van der Waals surface area contributed by atoms with Crippen LogP contribution in [-0.4, -0.2) is 23.5 Å². The van der Waals surface area contributed by atoms with Gasteiger partial charge in [-0.05, 0) is 60.0 Å². The minimum atomic E-state index is -0.422. The molecule has 0 aliphatic carbocycles. The molecule has 6 heteroatoms. The Labute approximate surface area is 219 Å². The molecule has 0 saturated carbocycles. The normalized spacial score (nSPS) is 11.0. The molecule has 1 N–H and O–H groups in total. The maximum absolute atomic E-state index is 12.6. The zero-order valence-electron chi connectivity index (χ0n) is 20.4. The summed E-state index contributed by atoms with van der Waals surface area (Å²) in [5.74, 6) is -0.946. The zero-order chi connectivity index (χ0) is 25.6. The van der Waals surface area contributed by atoms with Crippen LogP contribution in [0.5, 0.6) is 0 Å². The molecule has 0 spiro atoms. The van der Waals surface area contributed by atoms with Gasteiger partial charge in [0, 0.05) is 17.2 Å². The van der Waals surface area contributed by atoms with Crippen molar-refractivity contribution < 1.29 is 14.3 Å². The van der Waals surface area contributed by atoms with Crippen molar-refractivity contribution in [3.63, 3.8) is 0 Å². The summed E-state index contributed by atoms with van der Waals surface area (Å²) in [6.07, 6.45) is 0.150. The third-order valence-electron chi connectivity index (χ3n) is 6.10. The van der Waals surface area contributed by atoms with Crippen LogP contribution in [0.15, 0.2) is 103 Å². The van der Waals surface area contributed by atoms with Gasteiger partial charge in [0.2, 0.25) is 0 Å². The van der Waals surface area contributed by atoms with Crippen LogP contribution in [0.2, 0.25) is 0 Å². The number of fused-ring (bicyclic) bond motifs is 1. The number of thiazole rings is 1. The second-order valence-corrected chi connectivity index (χ2v) is 9.89. The highest BCUT2D eigenvalue weighted by molar-refractivity contribution is 7.21. The van der Waals surface area contributed by atoms with Gasteiger partial charge in [0.25, 0.3) is 5.91 Å². The molecule has 184 valence electrons. The molecule has 1 aromatic heterocycles. The van der Waals surface area contributed by atoms with Crippen molar-refractivity contribution in [1.29, 1.82) is 0 Å². The fourth-order valence-corrected chi connectivity index (χ4v) is 5.29. The average molecular weight is 507 g/mol. The summed E-state index contributed by atoms with van der Waals surface area (Å²) in [6.45, 7) is 1.73. The number of rotatable bonds is 8. The summed E-state index contributed by atoms with van der Waals surface area (Å²) in [7, 11) is 0. The molecule has 37 heavy (non-hydrogen) atoms. The predicted octanol–water partition coefficient (Wildman–Crippen LogP) is 6.98. The smallest absolute Gasteiger partial charge is 0.307 e. The number of aryl methyl sites for hydroxylation is 1. The maximum atomic E-state index is 12.6. The van der Waals surface area contributed by atoms with Crippen LogP contribution in [0.3, 0.4) is 0 Å². The van der Waals surface area contributed by atoms with Gasteiger partial charge >= 0.3 is 5.97 Å². The number of carbonyl (C=O) groups excluding carboxylic acids is 2. The van der Waals surface area contributed by atoms with Gasteiger partial charge < -0.3 is 10.1 Å². The van der Waals surface area contributed by atoms with Gasteiger partial charge in [-0.25, -0.2) is 4.98 Å². The van der Waals surface area contributed by atoms with Crippen LogP contribution in [-0.2, 0) is 14.3 Å². The zero-order valence-corrected chi connectivity index (χ0v) is 21.2. The molecule has 0 aliphatic heterocycles. The number of carbonyl (C=O) groups is 2. The van der Waals surface area contributed by atoms with E-state index in [0.29, 0.717) is 5.69 Å². The Balaban J connectivity index is 1.17. The largest absolute Gasteiger partial charge is 0.456 e. The van der Waals surface area contributed by atoms with Crippen molar-refractivity contribution in [3.05, 3.63) is 120 Å².